The van der Waals surface area contributed by atoms with Crippen molar-refractivity contribution < 1.29 is 19.1 Å². The molecule has 1 atom stereocenters. The molecule has 4 N–H and O–H groups in total. The number of hydrogen-bond acceptors (Lipinski definition) is 5. The lowest BCUT2D eigenvalue weighted by Gasteiger charge is -2.31. The topological polar surface area (TPSA) is 114 Å². The molecule has 1 fully saturated rings. The van der Waals surface area contributed by atoms with Crippen LogP contribution in [0.25, 0.3) is 0 Å². The Hall–Kier alpha value is -2.61. The average molecular weight is 360 g/mol. The summed E-state index contributed by atoms with van der Waals surface area (Å²) in [6.07, 6.45) is 2.64. The van der Waals surface area contributed by atoms with Crippen molar-refractivity contribution in [1.82, 2.24) is 10.2 Å². The Morgan fingerprint density at radius 2 is 2.23 bits per heavy atom. The van der Waals surface area contributed by atoms with E-state index < -0.39 is 0 Å². The maximum Gasteiger partial charge on any atom is 0.262 e. The van der Waals surface area contributed by atoms with Gasteiger partial charge in [0.05, 0.1) is 11.6 Å². The molecule has 3 rings (SSSR count). The van der Waals surface area contributed by atoms with Crippen molar-refractivity contribution in [2.75, 3.05) is 38.1 Å². The highest BCUT2D eigenvalue weighted by Crippen LogP contribution is 2.28. The molecular weight excluding hydrogens is 336 g/mol. The average Bonchev–Trinajstić information content (AvgIpc) is 2.64. The molecule has 0 aliphatic carbocycles. The Morgan fingerprint density at radius 1 is 1.38 bits per heavy atom. The number of ether oxygens (including phenoxy) is 1. The lowest BCUT2D eigenvalue weighted by Crippen LogP contribution is -2.42. The number of primary amides is 1. The van der Waals surface area contributed by atoms with Crippen LogP contribution in [-0.4, -0.2) is 55.4 Å². The number of nitrogens with two attached hydrogens (primary N) is 1. The largest absolute Gasteiger partial charge is 0.482 e. The summed E-state index contributed by atoms with van der Waals surface area (Å²) in [7, 11) is 0. The number of piperidine rings is 1. The summed E-state index contributed by atoms with van der Waals surface area (Å²) in [5.41, 5.74) is 6.46. The van der Waals surface area contributed by atoms with E-state index in [2.05, 4.69) is 15.5 Å². The first-order valence-electron chi connectivity index (χ1n) is 8.89. The minimum absolute atomic E-state index is 0.0415. The maximum absolute atomic E-state index is 12.3. The smallest absolute Gasteiger partial charge is 0.262 e. The molecule has 8 nitrogen and oxygen atoms in total. The van der Waals surface area contributed by atoms with E-state index in [0.29, 0.717) is 30.1 Å². The van der Waals surface area contributed by atoms with Gasteiger partial charge in [0, 0.05) is 18.7 Å². The van der Waals surface area contributed by atoms with Gasteiger partial charge in [-0.25, -0.2) is 0 Å². The standard InChI is InChI=1S/C18H24N4O4/c19-17(24)13-3-1-7-22(10-13)8-2-6-20-18(25)12-4-5-14-15(9-12)26-11-16(23)21-14/h4-5,9,13H,1-3,6-8,10-11H2,(H2,19,24)(H,20,25)(H,21,23). The summed E-state index contributed by atoms with van der Waals surface area (Å²) in [5.74, 6) is -0.167. The predicted octanol–water partition coefficient (Wildman–Crippen LogP) is 0.335. The van der Waals surface area contributed by atoms with Crippen LogP contribution in [-0.2, 0) is 9.59 Å². The predicted molar refractivity (Wildman–Crippen MR) is 95.9 cm³/mol. The number of likely N-dealkylation sites (tertiary alicyclic amines) is 1. The SMILES string of the molecule is NC(=O)C1CCCN(CCCNC(=O)c2ccc3c(c2)OCC(=O)N3)C1. The highest BCUT2D eigenvalue weighted by atomic mass is 16.5. The Bertz CT molecular complexity index is 706. The van der Waals surface area contributed by atoms with Crippen LogP contribution in [0.5, 0.6) is 5.75 Å². The van der Waals surface area contributed by atoms with Gasteiger partial charge in [0.25, 0.3) is 11.8 Å². The van der Waals surface area contributed by atoms with Crippen molar-refractivity contribution in [3.63, 3.8) is 0 Å². The van der Waals surface area contributed by atoms with Gasteiger partial charge in [-0.2, -0.15) is 0 Å². The van der Waals surface area contributed by atoms with Crippen molar-refractivity contribution in [2.45, 2.75) is 19.3 Å². The number of carbonyl (C=O) groups excluding carboxylic acids is 3. The molecule has 1 aromatic carbocycles. The third-order valence-electron chi connectivity index (χ3n) is 4.72. The molecule has 0 spiro atoms. The summed E-state index contributed by atoms with van der Waals surface area (Å²) in [6.45, 7) is 3.00. The van der Waals surface area contributed by atoms with Crippen LogP contribution >= 0.6 is 0 Å². The van der Waals surface area contributed by atoms with Crippen molar-refractivity contribution in [2.24, 2.45) is 11.7 Å². The van der Waals surface area contributed by atoms with Crippen molar-refractivity contribution in [3.8, 4) is 5.75 Å². The van der Waals surface area contributed by atoms with Gasteiger partial charge in [-0.05, 0) is 50.6 Å². The second-order valence-electron chi connectivity index (χ2n) is 6.70. The summed E-state index contributed by atoms with van der Waals surface area (Å²) >= 11 is 0. The number of benzene rings is 1. The highest BCUT2D eigenvalue weighted by Gasteiger charge is 2.23. The zero-order valence-electron chi connectivity index (χ0n) is 14.6. The van der Waals surface area contributed by atoms with E-state index in [0.717, 1.165) is 32.4 Å². The number of nitrogens with one attached hydrogen (secondary N) is 2. The number of fused-ring (bicyclic) bond motifs is 1. The monoisotopic (exact) mass is 360 g/mol. The van der Waals surface area contributed by atoms with Crippen molar-refractivity contribution >= 4 is 23.4 Å². The lowest BCUT2D eigenvalue weighted by atomic mass is 9.97. The summed E-state index contributed by atoms with van der Waals surface area (Å²) in [6, 6.07) is 4.95. The number of anilines is 1. The van der Waals surface area contributed by atoms with E-state index in [1.165, 1.54) is 0 Å². The van der Waals surface area contributed by atoms with Crippen LogP contribution in [0.15, 0.2) is 18.2 Å². The molecule has 0 aromatic heterocycles. The van der Waals surface area contributed by atoms with E-state index in [-0.39, 0.29) is 30.2 Å². The van der Waals surface area contributed by atoms with Crippen LogP contribution in [0.3, 0.4) is 0 Å². The number of hydrogen-bond donors (Lipinski definition) is 3. The number of amides is 3. The van der Waals surface area contributed by atoms with Gasteiger partial charge in [0.1, 0.15) is 5.75 Å². The summed E-state index contributed by atoms with van der Waals surface area (Å²) in [4.78, 5) is 37.0. The quantitative estimate of drug-likeness (QED) is 0.633. The van der Waals surface area contributed by atoms with Crippen LogP contribution in [0.4, 0.5) is 5.69 Å². The molecule has 2 heterocycles. The van der Waals surface area contributed by atoms with Gasteiger partial charge in [-0.15, -0.1) is 0 Å². The summed E-state index contributed by atoms with van der Waals surface area (Å²) < 4.78 is 5.32. The normalized spacial score (nSPS) is 19.8. The molecule has 0 radical (unpaired) electrons. The zero-order chi connectivity index (χ0) is 18.5. The van der Waals surface area contributed by atoms with Gasteiger partial charge in [0.15, 0.2) is 6.61 Å². The Balaban J connectivity index is 1.43. The first kappa shape index (κ1) is 18.2. The molecule has 1 unspecified atom stereocenters. The second kappa shape index (κ2) is 8.18. The molecular formula is C18H24N4O4. The second-order valence-corrected chi connectivity index (χ2v) is 6.70. The van der Waals surface area contributed by atoms with Crippen LogP contribution in [0, 0.1) is 5.92 Å². The van der Waals surface area contributed by atoms with E-state index in [1.807, 2.05) is 0 Å². The molecule has 3 amide bonds. The summed E-state index contributed by atoms with van der Waals surface area (Å²) in [5, 5.41) is 5.58. The van der Waals surface area contributed by atoms with E-state index in [4.69, 9.17) is 10.5 Å². The number of rotatable bonds is 6. The van der Waals surface area contributed by atoms with Gasteiger partial charge in [-0.3, -0.25) is 14.4 Å². The minimum atomic E-state index is -0.228. The molecule has 140 valence electrons. The van der Waals surface area contributed by atoms with Crippen LogP contribution in [0.2, 0.25) is 0 Å². The molecule has 1 aromatic rings. The fraction of sp³-hybridized carbons (Fsp3) is 0.500. The van der Waals surface area contributed by atoms with Crippen LogP contribution in [0.1, 0.15) is 29.6 Å². The van der Waals surface area contributed by atoms with Gasteiger partial charge < -0.3 is 26.0 Å². The molecule has 0 saturated carbocycles. The number of nitrogens with zero attached hydrogens (tertiary/aromatic N) is 1. The van der Waals surface area contributed by atoms with Crippen molar-refractivity contribution in [3.05, 3.63) is 23.8 Å². The molecule has 2 aliphatic heterocycles. The van der Waals surface area contributed by atoms with Gasteiger partial charge in [-0.1, -0.05) is 0 Å². The fourth-order valence-electron chi connectivity index (χ4n) is 3.31. The maximum atomic E-state index is 12.3. The van der Waals surface area contributed by atoms with Gasteiger partial charge >= 0.3 is 0 Å². The Morgan fingerprint density at radius 3 is 3.04 bits per heavy atom. The lowest BCUT2D eigenvalue weighted by molar-refractivity contribution is -0.123. The zero-order valence-corrected chi connectivity index (χ0v) is 14.6. The van der Waals surface area contributed by atoms with E-state index in [9.17, 15) is 14.4 Å². The molecule has 2 aliphatic rings. The Kier molecular flexibility index (Phi) is 5.72. The first-order chi connectivity index (χ1) is 12.5. The molecule has 26 heavy (non-hydrogen) atoms. The molecule has 8 heteroatoms. The third-order valence-corrected chi connectivity index (χ3v) is 4.72. The third kappa shape index (κ3) is 4.51. The first-order valence-corrected chi connectivity index (χ1v) is 8.89. The number of carbonyl (C=O) groups is 3. The van der Waals surface area contributed by atoms with Crippen LogP contribution < -0.4 is 21.1 Å². The van der Waals surface area contributed by atoms with E-state index >= 15 is 0 Å². The Labute approximate surface area is 152 Å². The van der Waals surface area contributed by atoms with E-state index in [1.54, 1.807) is 18.2 Å². The van der Waals surface area contributed by atoms with Crippen molar-refractivity contribution in [1.29, 1.82) is 0 Å². The molecule has 0 bridgehead atoms. The molecule has 1 saturated heterocycles. The fourth-order valence-corrected chi connectivity index (χ4v) is 3.31. The highest BCUT2D eigenvalue weighted by molar-refractivity contribution is 5.98. The van der Waals surface area contributed by atoms with Gasteiger partial charge in [0.2, 0.25) is 5.91 Å². The minimum Gasteiger partial charge on any atom is -0.482 e.